The molecule has 6 nitrogen and oxygen atoms in total. The molecule has 23 heavy (non-hydrogen) atoms. The zero-order valence-electron chi connectivity index (χ0n) is 13.1. The molecule has 1 atom stereocenters. The molecule has 2 aromatic rings. The van der Waals surface area contributed by atoms with Crippen LogP contribution in [-0.2, 0) is 11.3 Å². The van der Waals surface area contributed by atoms with Crippen molar-refractivity contribution in [1.82, 2.24) is 19.9 Å². The zero-order chi connectivity index (χ0) is 15.9. The Hall–Kier alpha value is -2.02. The van der Waals surface area contributed by atoms with E-state index in [1.807, 2.05) is 23.3 Å². The monoisotopic (exact) mass is 329 g/mol. The van der Waals surface area contributed by atoms with Crippen LogP contribution in [0.25, 0.3) is 0 Å². The molecule has 0 saturated carbocycles. The van der Waals surface area contributed by atoms with E-state index in [-0.39, 0.29) is 11.3 Å². The van der Waals surface area contributed by atoms with Crippen LogP contribution in [0.15, 0.2) is 23.8 Å². The number of hydrogen-bond donors (Lipinski definition) is 0. The molecule has 0 N–H and O–H groups in total. The predicted molar refractivity (Wildman–Crippen MR) is 88.2 cm³/mol. The third kappa shape index (κ3) is 2.81. The molecule has 2 fully saturated rings. The van der Waals surface area contributed by atoms with Crippen LogP contribution in [0.5, 0.6) is 0 Å². The van der Waals surface area contributed by atoms with Crippen molar-refractivity contribution in [1.29, 1.82) is 0 Å². The van der Waals surface area contributed by atoms with E-state index < -0.39 is 0 Å². The Morgan fingerprint density at radius 2 is 2.13 bits per heavy atom. The minimum atomic E-state index is 0.0430. The van der Waals surface area contributed by atoms with Crippen LogP contribution in [0, 0.1) is 12.3 Å². The Bertz CT molecular complexity index is 718. The van der Waals surface area contributed by atoms with Gasteiger partial charge in [-0.25, -0.2) is 15.0 Å². The first-order chi connectivity index (χ1) is 11.1. The van der Waals surface area contributed by atoms with Crippen molar-refractivity contribution in [3.8, 4) is 0 Å². The number of nitrogens with zero attached hydrogens (tertiary/aromatic N) is 5. The van der Waals surface area contributed by atoms with Gasteiger partial charge >= 0.3 is 0 Å². The highest BCUT2D eigenvalue weighted by Gasteiger charge is 2.47. The quantitative estimate of drug-likeness (QED) is 0.860. The van der Waals surface area contributed by atoms with Gasteiger partial charge in [-0.05, 0) is 19.4 Å². The summed E-state index contributed by atoms with van der Waals surface area (Å²) in [7, 11) is 0. The highest BCUT2D eigenvalue weighted by atomic mass is 32.1. The van der Waals surface area contributed by atoms with Crippen molar-refractivity contribution in [2.45, 2.75) is 26.3 Å². The van der Waals surface area contributed by atoms with Gasteiger partial charge in [0.05, 0.1) is 17.2 Å². The predicted octanol–water partition coefficient (Wildman–Crippen LogP) is 1.87. The van der Waals surface area contributed by atoms with Crippen LogP contribution in [0.1, 0.15) is 23.5 Å². The summed E-state index contributed by atoms with van der Waals surface area (Å²) in [5.41, 5.74) is 1.04. The van der Waals surface area contributed by atoms with Gasteiger partial charge in [0.25, 0.3) is 0 Å². The molecule has 4 rings (SSSR count). The second-order valence-corrected chi connectivity index (χ2v) is 7.57. The maximum atomic E-state index is 12.4. The van der Waals surface area contributed by atoms with Crippen molar-refractivity contribution in [3.63, 3.8) is 0 Å². The molecular formula is C16H19N5OS. The van der Waals surface area contributed by atoms with E-state index in [0.29, 0.717) is 13.0 Å². The van der Waals surface area contributed by atoms with Crippen molar-refractivity contribution in [2.24, 2.45) is 5.41 Å². The lowest BCUT2D eigenvalue weighted by atomic mass is 9.86. The number of rotatable bonds is 3. The SMILES string of the molecule is Cc1nc(CN2C[C@]3(CCN(c4ncccn4)C3)CC2=O)cs1. The lowest BCUT2D eigenvalue weighted by Crippen LogP contribution is -2.31. The topological polar surface area (TPSA) is 62.2 Å². The summed E-state index contributed by atoms with van der Waals surface area (Å²) in [6, 6.07) is 1.83. The van der Waals surface area contributed by atoms with E-state index in [1.165, 1.54) is 0 Å². The minimum Gasteiger partial charge on any atom is -0.340 e. The summed E-state index contributed by atoms with van der Waals surface area (Å²) in [4.78, 5) is 29.7. The first-order valence-corrected chi connectivity index (χ1v) is 8.72. The Balaban J connectivity index is 1.46. The molecule has 1 amide bonds. The molecule has 2 aromatic heterocycles. The van der Waals surface area contributed by atoms with E-state index in [2.05, 4.69) is 19.9 Å². The molecule has 0 aliphatic carbocycles. The number of likely N-dealkylation sites (tertiary alicyclic amines) is 1. The van der Waals surface area contributed by atoms with Crippen molar-refractivity contribution < 1.29 is 4.79 Å². The standard InChI is InChI=1S/C16H19N5OS/c1-12-19-13(9-23-12)8-21-11-16(7-14(21)22)3-6-20(10-16)15-17-4-2-5-18-15/h2,4-5,9H,3,6-8,10-11H2,1H3/t16-/m1/s1. The van der Waals surface area contributed by atoms with Crippen LogP contribution in [-0.4, -0.2) is 45.4 Å². The molecule has 4 heterocycles. The first-order valence-electron chi connectivity index (χ1n) is 7.84. The molecule has 2 aliphatic heterocycles. The Kier molecular flexibility index (Phi) is 3.52. The fourth-order valence-electron chi connectivity index (χ4n) is 3.64. The van der Waals surface area contributed by atoms with Gasteiger partial charge in [0.2, 0.25) is 11.9 Å². The molecule has 0 unspecified atom stereocenters. The van der Waals surface area contributed by atoms with Gasteiger partial charge in [-0.3, -0.25) is 4.79 Å². The highest BCUT2D eigenvalue weighted by molar-refractivity contribution is 7.09. The average molecular weight is 329 g/mol. The minimum absolute atomic E-state index is 0.0430. The normalized spacial score (nSPS) is 24.1. The number of aromatic nitrogens is 3. The molecule has 2 aliphatic rings. The largest absolute Gasteiger partial charge is 0.340 e. The highest BCUT2D eigenvalue weighted by Crippen LogP contribution is 2.41. The second-order valence-electron chi connectivity index (χ2n) is 6.50. The molecule has 1 spiro atoms. The second kappa shape index (κ2) is 5.56. The lowest BCUT2D eigenvalue weighted by molar-refractivity contribution is -0.128. The Morgan fingerprint density at radius 3 is 2.87 bits per heavy atom. The van der Waals surface area contributed by atoms with Gasteiger partial charge in [0, 0.05) is 49.2 Å². The number of aryl methyl sites for hydroxylation is 1. The van der Waals surface area contributed by atoms with Crippen molar-refractivity contribution in [3.05, 3.63) is 34.5 Å². The first kappa shape index (κ1) is 14.6. The summed E-state index contributed by atoms with van der Waals surface area (Å²) in [6.07, 6.45) is 5.18. The van der Waals surface area contributed by atoms with E-state index in [1.54, 1.807) is 23.7 Å². The van der Waals surface area contributed by atoms with Crippen molar-refractivity contribution in [2.75, 3.05) is 24.5 Å². The number of thiazole rings is 1. The van der Waals surface area contributed by atoms with E-state index in [9.17, 15) is 4.79 Å². The van der Waals surface area contributed by atoms with Gasteiger partial charge in [0.15, 0.2) is 0 Å². The van der Waals surface area contributed by atoms with Crippen LogP contribution in [0.4, 0.5) is 5.95 Å². The number of anilines is 1. The maximum absolute atomic E-state index is 12.4. The molecule has 7 heteroatoms. The zero-order valence-corrected chi connectivity index (χ0v) is 13.9. The summed E-state index contributed by atoms with van der Waals surface area (Å²) in [5, 5.41) is 3.10. The van der Waals surface area contributed by atoms with Gasteiger partial charge in [-0.1, -0.05) is 0 Å². The van der Waals surface area contributed by atoms with Crippen LogP contribution in [0.3, 0.4) is 0 Å². The lowest BCUT2D eigenvalue weighted by Gasteiger charge is -2.23. The van der Waals surface area contributed by atoms with Gasteiger partial charge < -0.3 is 9.80 Å². The fraction of sp³-hybridized carbons (Fsp3) is 0.500. The van der Waals surface area contributed by atoms with Gasteiger partial charge in [0.1, 0.15) is 0 Å². The Labute approximate surface area is 139 Å². The summed E-state index contributed by atoms with van der Waals surface area (Å²) in [6.45, 7) is 5.21. The molecule has 0 bridgehead atoms. The van der Waals surface area contributed by atoms with Crippen LogP contribution in [0.2, 0.25) is 0 Å². The van der Waals surface area contributed by atoms with Crippen LogP contribution >= 0.6 is 11.3 Å². The Morgan fingerprint density at radius 1 is 1.30 bits per heavy atom. The molecule has 0 radical (unpaired) electrons. The average Bonchev–Trinajstić information content (AvgIpc) is 3.22. The van der Waals surface area contributed by atoms with Crippen LogP contribution < -0.4 is 4.90 Å². The summed E-state index contributed by atoms with van der Waals surface area (Å²) in [5.74, 6) is 1.01. The number of carbonyl (C=O) groups is 1. The van der Waals surface area contributed by atoms with Gasteiger partial charge in [-0.2, -0.15) is 0 Å². The fourth-order valence-corrected chi connectivity index (χ4v) is 4.24. The molecular weight excluding hydrogens is 310 g/mol. The van der Waals surface area contributed by atoms with Gasteiger partial charge in [-0.15, -0.1) is 11.3 Å². The number of amides is 1. The third-order valence-corrected chi connectivity index (χ3v) is 5.52. The molecule has 0 aromatic carbocycles. The molecule has 2 saturated heterocycles. The summed E-state index contributed by atoms with van der Waals surface area (Å²) < 4.78 is 0. The molecule has 120 valence electrons. The van der Waals surface area contributed by atoms with Crippen molar-refractivity contribution >= 4 is 23.2 Å². The summed E-state index contributed by atoms with van der Waals surface area (Å²) >= 11 is 1.64. The smallest absolute Gasteiger partial charge is 0.225 e. The van der Waals surface area contributed by atoms with E-state index in [4.69, 9.17) is 0 Å². The van der Waals surface area contributed by atoms with E-state index >= 15 is 0 Å². The number of carbonyl (C=O) groups excluding carboxylic acids is 1. The van der Waals surface area contributed by atoms with E-state index in [0.717, 1.165) is 42.7 Å². The maximum Gasteiger partial charge on any atom is 0.225 e. The number of hydrogen-bond acceptors (Lipinski definition) is 6. The third-order valence-electron chi connectivity index (χ3n) is 4.70.